The number of halogens is 1. The lowest BCUT2D eigenvalue weighted by molar-refractivity contribution is -0.122. The van der Waals surface area contributed by atoms with Crippen LogP contribution in [-0.4, -0.2) is 52.0 Å². The second-order valence-electron chi connectivity index (χ2n) is 12.7. The van der Waals surface area contributed by atoms with Gasteiger partial charge in [0.1, 0.15) is 5.82 Å². The molecule has 0 spiro atoms. The molecule has 216 valence electrons. The highest BCUT2D eigenvalue weighted by atomic mass is 19.1. The molecule has 3 unspecified atom stereocenters. The van der Waals surface area contributed by atoms with Crippen molar-refractivity contribution < 1.29 is 9.18 Å². The van der Waals surface area contributed by atoms with Crippen molar-refractivity contribution in [3.05, 3.63) is 70.0 Å². The molecule has 41 heavy (non-hydrogen) atoms. The molecule has 4 fully saturated rings. The van der Waals surface area contributed by atoms with Gasteiger partial charge in [0.05, 0.1) is 29.8 Å². The van der Waals surface area contributed by atoms with Crippen LogP contribution in [0, 0.1) is 35.9 Å². The van der Waals surface area contributed by atoms with Crippen molar-refractivity contribution in [2.24, 2.45) is 28.2 Å². The number of carbonyl (C=O) groups excluding carboxylic acids is 1. The fourth-order valence-electron chi connectivity index (χ4n) is 7.08. The lowest BCUT2D eigenvalue weighted by Gasteiger charge is -2.61. The van der Waals surface area contributed by atoms with Gasteiger partial charge in [0, 0.05) is 25.3 Å². The molecule has 3 saturated carbocycles. The van der Waals surface area contributed by atoms with E-state index >= 15 is 0 Å². The van der Waals surface area contributed by atoms with Crippen LogP contribution in [0.1, 0.15) is 44.7 Å². The second kappa shape index (κ2) is 10.6. The monoisotopic (exact) mass is 558 g/mol. The third-order valence-electron chi connectivity index (χ3n) is 9.85. The van der Waals surface area contributed by atoms with Crippen LogP contribution in [0.15, 0.2) is 52.5 Å². The molecule has 0 radical (unpaired) electrons. The number of hydrogen-bond acceptors (Lipinski definition) is 4. The molecule has 1 aliphatic heterocycles. The molecule has 9 heteroatoms. The molecule has 2 bridgehead atoms. The van der Waals surface area contributed by atoms with Crippen molar-refractivity contribution in [3.63, 3.8) is 0 Å². The first kappa shape index (κ1) is 27.4. The Balaban J connectivity index is 1.24. The van der Waals surface area contributed by atoms with Crippen LogP contribution in [0.4, 0.5) is 10.1 Å². The van der Waals surface area contributed by atoms with Gasteiger partial charge in [-0.25, -0.2) is 14.4 Å². The number of carbonyl (C=O) groups is 1. The number of rotatable bonds is 5. The van der Waals surface area contributed by atoms with Gasteiger partial charge in [-0.1, -0.05) is 32.9 Å². The number of hydrogen-bond donors (Lipinski definition) is 2. The zero-order valence-corrected chi connectivity index (χ0v) is 24.3. The molecule has 1 aromatic heterocycles. The second-order valence-corrected chi connectivity index (χ2v) is 12.7. The Labute approximate surface area is 240 Å². The molecule has 7 rings (SSSR count). The number of aromatic nitrogens is 2. The van der Waals surface area contributed by atoms with Gasteiger partial charge in [-0.05, 0) is 84.7 Å². The molecule has 8 nitrogen and oxygen atoms in total. The highest BCUT2D eigenvalue weighted by molar-refractivity contribution is 5.98. The molecule has 1 amide bonds. The van der Waals surface area contributed by atoms with Crippen LogP contribution in [-0.2, 0) is 17.8 Å². The average Bonchev–Trinajstić information content (AvgIpc) is 2.94. The SMILES string of the molecule is Cc1ccc(CCn2cnc3cc(NC(=N[C@H]4CC5CC(C4C)C5(C)C)N4CCNC(=O)C4)ccc3c2=O)c(F)c1. The van der Waals surface area contributed by atoms with Crippen LogP contribution in [0.5, 0.6) is 0 Å². The Morgan fingerprint density at radius 2 is 2.02 bits per heavy atom. The molecule has 4 atom stereocenters. The number of nitrogens with one attached hydrogen (secondary N) is 2. The van der Waals surface area contributed by atoms with E-state index in [1.54, 1.807) is 12.1 Å². The topological polar surface area (TPSA) is 91.6 Å². The van der Waals surface area contributed by atoms with Gasteiger partial charge in [-0.2, -0.15) is 0 Å². The van der Waals surface area contributed by atoms with E-state index in [0.29, 0.717) is 71.6 Å². The summed E-state index contributed by atoms with van der Waals surface area (Å²) >= 11 is 0. The van der Waals surface area contributed by atoms with Crippen molar-refractivity contribution in [2.45, 2.75) is 59.5 Å². The minimum Gasteiger partial charge on any atom is -0.353 e. The highest BCUT2D eigenvalue weighted by Crippen LogP contribution is 2.61. The maximum absolute atomic E-state index is 14.3. The van der Waals surface area contributed by atoms with Crippen molar-refractivity contribution in [3.8, 4) is 0 Å². The van der Waals surface area contributed by atoms with Gasteiger partial charge in [0.25, 0.3) is 5.56 Å². The van der Waals surface area contributed by atoms with Gasteiger partial charge < -0.3 is 15.5 Å². The highest BCUT2D eigenvalue weighted by Gasteiger charge is 2.56. The summed E-state index contributed by atoms with van der Waals surface area (Å²) in [6, 6.07) is 10.8. The molecule has 2 heterocycles. The number of aryl methyl sites for hydroxylation is 3. The largest absolute Gasteiger partial charge is 0.353 e. The molecule has 4 aliphatic rings. The lowest BCUT2D eigenvalue weighted by Crippen LogP contribution is -2.57. The fourth-order valence-corrected chi connectivity index (χ4v) is 7.08. The summed E-state index contributed by atoms with van der Waals surface area (Å²) in [6.45, 7) is 10.8. The van der Waals surface area contributed by atoms with E-state index in [9.17, 15) is 14.0 Å². The summed E-state index contributed by atoms with van der Waals surface area (Å²) in [4.78, 5) is 37.3. The van der Waals surface area contributed by atoms with Gasteiger partial charge in [-0.3, -0.25) is 14.2 Å². The molecule has 1 saturated heterocycles. The number of benzene rings is 2. The summed E-state index contributed by atoms with van der Waals surface area (Å²) in [5, 5.41) is 6.88. The standard InChI is InChI=1S/C32H39FN6O2/c1-19-5-6-21(26(33)13-19)9-11-39-18-35-28-16-23(7-8-24(28)30(39)41)36-31(38-12-10-34-29(40)17-38)37-27-15-22-14-25(20(27)2)32(22,3)4/h5-8,13,16,18,20,22,25,27H,9-12,14-15,17H2,1-4H3,(H,34,40)(H,36,37)/t20?,22?,25?,27-/m0/s1. The van der Waals surface area contributed by atoms with Gasteiger partial charge in [-0.15, -0.1) is 0 Å². The normalized spacial score (nSPS) is 25.5. The van der Waals surface area contributed by atoms with Gasteiger partial charge in [0.2, 0.25) is 5.91 Å². The first-order valence-corrected chi connectivity index (χ1v) is 14.7. The first-order chi connectivity index (χ1) is 19.6. The minimum absolute atomic E-state index is 0.0160. The predicted molar refractivity (Wildman–Crippen MR) is 159 cm³/mol. The van der Waals surface area contributed by atoms with Crippen molar-refractivity contribution in [1.82, 2.24) is 19.8 Å². The zero-order chi connectivity index (χ0) is 28.9. The molecule has 3 aliphatic carbocycles. The van der Waals surface area contributed by atoms with Crippen LogP contribution in [0.2, 0.25) is 0 Å². The molecular formula is C32H39FN6O2. The maximum atomic E-state index is 14.3. The zero-order valence-electron chi connectivity index (χ0n) is 24.3. The molecule has 2 aromatic carbocycles. The summed E-state index contributed by atoms with van der Waals surface area (Å²) in [7, 11) is 0. The number of anilines is 1. The third-order valence-corrected chi connectivity index (χ3v) is 9.85. The quantitative estimate of drug-likeness (QED) is 0.359. The maximum Gasteiger partial charge on any atom is 0.261 e. The van der Waals surface area contributed by atoms with Gasteiger partial charge >= 0.3 is 0 Å². The number of nitrogens with zero attached hydrogens (tertiary/aromatic N) is 4. The summed E-state index contributed by atoms with van der Waals surface area (Å²) in [6.07, 6.45) is 4.27. The van der Waals surface area contributed by atoms with E-state index in [0.717, 1.165) is 17.7 Å². The van der Waals surface area contributed by atoms with Crippen LogP contribution in [0.3, 0.4) is 0 Å². The third kappa shape index (κ3) is 5.22. The van der Waals surface area contributed by atoms with E-state index in [-0.39, 0.29) is 29.9 Å². The van der Waals surface area contributed by atoms with Crippen LogP contribution in [0.25, 0.3) is 10.9 Å². The predicted octanol–water partition coefficient (Wildman–Crippen LogP) is 4.36. The Hall–Kier alpha value is -3.75. The first-order valence-electron chi connectivity index (χ1n) is 14.7. The fraction of sp³-hybridized carbons (Fsp3) is 0.500. The Kier molecular flexibility index (Phi) is 7.08. The van der Waals surface area contributed by atoms with E-state index in [4.69, 9.17) is 4.99 Å². The van der Waals surface area contributed by atoms with E-state index in [1.165, 1.54) is 23.4 Å². The number of fused-ring (bicyclic) bond motifs is 3. The van der Waals surface area contributed by atoms with Gasteiger partial charge in [0.15, 0.2) is 5.96 Å². The Bertz CT molecular complexity index is 1580. The minimum atomic E-state index is -0.255. The van der Waals surface area contributed by atoms with E-state index < -0.39 is 0 Å². The number of piperazine rings is 1. The van der Waals surface area contributed by atoms with E-state index in [2.05, 4.69) is 36.4 Å². The molecule has 2 N–H and O–H groups in total. The average molecular weight is 559 g/mol. The number of amides is 1. The smallest absolute Gasteiger partial charge is 0.261 e. The lowest BCUT2D eigenvalue weighted by atomic mass is 9.45. The van der Waals surface area contributed by atoms with Crippen molar-refractivity contribution in [2.75, 3.05) is 25.0 Å². The summed E-state index contributed by atoms with van der Waals surface area (Å²) in [5.74, 6) is 2.24. The van der Waals surface area contributed by atoms with Crippen LogP contribution < -0.4 is 16.2 Å². The summed E-state index contributed by atoms with van der Waals surface area (Å²) < 4.78 is 15.8. The molecule has 3 aromatic rings. The van der Waals surface area contributed by atoms with E-state index in [1.807, 2.05) is 30.0 Å². The number of guanidine groups is 1. The Morgan fingerprint density at radius 1 is 1.20 bits per heavy atom. The van der Waals surface area contributed by atoms with Crippen molar-refractivity contribution >= 4 is 28.5 Å². The molecular weight excluding hydrogens is 519 g/mol. The van der Waals surface area contributed by atoms with Crippen LogP contribution >= 0.6 is 0 Å². The summed E-state index contributed by atoms with van der Waals surface area (Å²) in [5.41, 5.74) is 2.99. The van der Waals surface area contributed by atoms with Crippen molar-refractivity contribution in [1.29, 1.82) is 0 Å². The number of aliphatic imine (C=N–C) groups is 1. The Morgan fingerprint density at radius 3 is 2.76 bits per heavy atom.